The van der Waals surface area contributed by atoms with E-state index in [2.05, 4.69) is 5.32 Å². The van der Waals surface area contributed by atoms with Gasteiger partial charge in [0.15, 0.2) is 18.1 Å². The Bertz CT molecular complexity index is 824. The lowest BCUT2D eigenvalue weighted by molar-refractivity contribution is -0.123. The summed E-state index contributed by atoms with van der Waals surface area (Å²) >= 11 is 0. The quantitative estimate of drug-likeness (QED) is 0.672. The predicted octanol–water partition coefficient (Wildman–Crippen LogP) is 2.40. The Balaban J connectivity index is 1.40. The van der Waals surface area contributed by atoms with E-state index in [9.17, 15) is 9.59 Å². The second-order valence-electron chi connectivity index (χ2n) is 6.28. The first-order chi connectivity index (χ1) is 13.7. The van der Waals surface area contributed by atoms with Crippen LogP contribution in [0.5, 0.6) is 17.2 Å². The molecule has 28 heavy (non-hydrogen) atoms. The van der Waals surface area contributed by atoms with Crippen molar-refractivity contribution in [3.63, 3.8) is 0 Å². The number of nitrogens with one attached hydrogen (secondary N) is 1. The summed E-state index contributed by atoms with van der Waals surface area (Å²) in [5.74, 6) is 1.70. The van der Waals surface area contributed by atoms with E-state index in [1.165, 1.54) is 0 Å². The molecule has 7 nitrogen and oxygen atoms in total. The minimum Gasteiger partial charge on any atom is -0.493 e. The van der Waals surface area contributed by atoms with E-state index in [1.54, 1.807) is 24.1 Å². The Morgan fingerprint density at radius 2 is 1.93 bits per heavy atom. The van der Waals surface area contributed by atoms with Crippen molar-refractivity contribution >= 4 is 17.5 Å². The van der Waals surface area contributed by atoms with Gasteiger partial charge in [0.05, 0.1) is 13.7 Å². The molecule has 1 aliphatic rings. The molecule has 1 N–H and O–H groups in total. The molecule has 0 saturated carbocycles. The maximum atomic E-state index is 12.0. The van der Waals surface area contributed by atoms with Gasteiger partial charge in [0.25, 0.3) is 5.91 Å². The van der Waals surface area contributed by atoms with Crippen LogP contribution >= 0.6 is 0 Å². The van der Waals surface area contributed by atoms with Crippen molar-refractivity contribution in [1.29, 1.82) is 0 Å². The molecule has 1 aliphatic heterocycles. The average Bonchev–Trinajstić information content (AvgIpc) is 3.16. The molecule has 0 aliphatic carbocycles. The van der Waals surface area contributed by atoms with Crippen LogP contribution in [0.1, 0.15) is 12.8 Å². The Morgan fingerprint density at radius 1 is 1.11 bits per heavy atom. The number of hydrogen-bond donors (Lipinski definition) is 1. The van der Waals surface area contributed by atoms with Gasteiger partial charge in [0.2, 0.25) is 5.91 Å². The summed E-state index contributed by atoms with van der Waals surface area (Å²) in [4.78, 5) is 25.5. The summed E-state index contributed by atoms with van der Waals surface area (Å²) in [5, 5.41) is 2.74. The second-order valence-corrected chi connectivity index (χ2v) is 6.28. The number of methoxy groups -OCH3 is 1. The molecular weight excluding hydrogens is 360 g/mol. The zero-order chi connectivity index (χ0) is 19.8. The summed E-state index contributed by atoms with van der Waals surface area (Å²) in [7, 11) is 1.58. The van der Waals surface area contributed by atoms with Gasteiger partial charge in [-0.3, -0.25) is 9.59 Å². The van der Waals surface area contributed by atoms with E-state index >= 15 is 0 Å². The molecule has 1 heterocycles. The van der Waals surface area contributed by atoms with Crippen molar-refractivity contribution in [1.82, 2.24) is 5.32 Å². The SMILES string of the molecule is COc1ccccc1OCCNC(=O)COc1cccc(N2CCCC2=O)c1. The van der Waals surface area contributed by atoms with E-state index in [1.807, 2.05) is 36.4 Å². The maximum absolute atomic E-state index is 12.0. The highest BCUT2D eigenvalue weighted by Crippen LogP contribution is 2.26. The molecule has 3 rings (SSSR count). The molecule has 0 radical (unpaired) electrons. The fraction of sp³-hybridized carbons (Fsp3) is 0.333. The first-order valence-corrected chi connectivity index (χ1v) is 9.23. The van der Waals surface area contributed by atoms with Gasteiger partial charge in [-0.1, -0.05) is 18.2 Å². The van der Waals surface area contributed by atoms with Crippen molar-refractivity contribution in [2.75, 3.05) is 38.3 Å². The Labute approximate surface area is 164 Å². The van der Waals surface area contributed by atoms with Crippen molar-refractivity contribution in [2.24, 2.45) is 0 Å². The standard InChI is InChI=1S/C21H24N2O5/c1-26-18-8-2-3-9-19(18)27-13-11-22-20(24)15-28-17-7-4-6-16(14-17)23-12-5-10-21(23)25/h2-4,6-9,14H,5,10-13,15H2,1H3,(H,22,24). The van der Waals surface area contributed by atoms with Crippen LogP contribution in [0.2, 0.25) is 0 Å². The monoisotopic (exact) mass is 384 g/mol. The summed E-state index contributed by atoms with van der Waals surface area (Å²) in [6, 6.07) is 14.6. The van der Waals surface area contributed by atoms with Crippen LogP contribution in [0, 0.1) is 0 Å². The number of hydrogen-bond acceptors (Lipinski definition) is 5. The first-order valence-electron chi connectivity index (χ1n) is 9.23. The number of benzene rings is 2. The molecule has 0 aromatic heterocycles. The second kappa shape index (κ2) is 9.64. The van der Waals surface area contributed by atoms with Gasteiger partial charge >= 0.3 is 0 Å². The van der Waals surface area contributed by atoms with Crippen LogP contribution in [-0.2, 0) is 9.59 Å². The van der Waals surface area contributed by atoms with Crippen molar-refractivity contribution in [3.8, 4) is 17.2 Å². The highest BCUT2D eigenvalue weighted by atomic mass is 16.5. The van der Waals surface area contributed by atoms with E-state index in [0.29, 0.717) is 36.8 Å². The van der Waals surface area contributed by atoms with Gasteiger partial charge in [-0.15, -0.1) is 0 Å². The smallest absolute Gasteiger partial charge is 0.258 e. The van der Waals surface area contributed by atoms with Gasteiger partial charge < -0.3 is 24.4 Å². The van der Waals surface area contributed by atoms with E-state index in [-0.39, 0.29) is 18.4 Å². The third kappa shape index (κ3) is 5.16. The summed E-state index contributed by atoms with van der Waals surface area (Å²) in [6.45, 7) is 1.28. The number of nitrogens with zero attached hydrogens (tertiary/aromatic N) is 1. The average molecular weight is 384 g/mol. The highest BCUT2D eigenvalue weighted by Gasteiger charge is 2.21. The lowest BCUT2D eigenvalue weighted by Crippen LogP contribution is -2.32. The van der Waals surface area contributed by atoms with Crippen LogP contribution in [0.3, 0.4) is 0 Å². The molecule has 2 amide bonds. The number of carbonyl (C=O) groups is 2. The number of para-hydroxylation sites is 2. The third-order valence-electron chi connectivity index (χ3n) is 4.32. The Hall–Kier alpha value is -3.22. The molecule has 7 heteroatoms. The molecule has 0 spiro atoms. The molecule has 0 unspecified atom stereocenters. The number of carbonyl (C=O) groups excluding carboxylic acids is 2. The lowest BCUT2D eigenvalue weighted by Gasteiger charge is -2.16. The third-order valence-corrected chi connectivity index (χ3v) is 4.32. The molecule has 0 bridgehead atoms. The minimum atomic E-state index is -0.244. The van der Waals surface area contributed by atoms with Gasteiger partial charge in [0.1, 0.15) is 12.4 Å². The van der Waals surface area contributed by atoms with Gasteiger partial charge in [-0.25, -0.2) is 0 Å². The van der Waals surface area contributed by atoms with E-state index in [4.69, 9.17) is 14.2 Å². The molecule has 1 saturated heterocycles. The van der Waals surface area contributed by atoms with Gasteiger partial charge in [-0.2, -0.15) is 0 Å². The Kier molecular flexibility index (Phi) is 6.73. The molecule has 2 aromatic rings. The van der Waals surface area contributed by atoms with Crippen LogP contribution in [-0.4, -0.2) is 45.2 Å². The molecule has 2 aromatic carbocycles. The molecule has 1 fully saturated rings. The highest BCUT2D eigenvalue weighted by molar-refractivity contribution is 5.95. The molecule has 0 atom stereocenters. The molecule has 148 valence electrons. The van der Waals surface area contributed by atoms with E-state index < -0.39 is 0 Å². The first kappa shape index (κ1) is 19.5. The zero-order valence-electron chi connectivity index (χ0n) is 15.8. The lowest BCUT2D eigenvalue weighted by atomic mass is 10.3. The predicted molar refractivity (Wildman–Crippen MR) is 105 cm³/mol. The fourth-order valence-corrected chi connectivity index (χ4v) is 2.95. The van der Waals surface area contributed by atoms with Crippen molar-refractivity contribution in [2.45, 2.75) is 12.8 Å². The summed E-state index contributed by atoms with van der Waals surface area (Å²) < 4.78 is 16.4. The maximum Gasteiger partial charge on any atom is 0.258 e. The summed E-state index contributed by atoms with van der Waals surface area (Å²) in [5.41, 5.74) is 0.797. The van der Waals surface area contributed by atoms with Crippen molar-refractivity contribution in [3.05, 3.63) is 48.5 Å². The van der Waals surface area contributed by atoms with Crippen LogP contribution < -0.4 is 24.4 Å². The van der Waals surface area contributed by atoms with Gasteiger partial charge in [-0.05, 0) is 30.7 Å². The number of rotatable bonds is 9. The number of anilines is 1. The topological polar surface area (TPSA) is 77.1 Å². The van der Waals surface area contributed by atoms with Crippen LogP contribution in [0.4, 0.5) is 5.69 Å². The largest absolute Gasteiger partial charge is 0.493 e. The van der Waals surface area contributed by atoms with Crippen molar-refractivity contribution < 1.29 is 23.8 Å². The van der Waals surface area contributed by atoms with E-state index in [0.717, 1.165) is 18.7 Å². The van der Waals surface area contributed by atoms with Crippen LogP contribution in [0.15, 0.2) is 48.5 Å². The zero-order valence-corrected chi connectivity index (χ0v) is 15.8. The van der Waals surface area contributed by atoms with Gasteiger partial charge in [0, 0.05) is 24.7 Å². The summed E-state index contributed by atoms with van der Waals surface area (Å²) in [6.07, 6.45) is 1.44. The van der Waals surface area contributed by atoms with Crippen LogP contribution in [0.25, 0.3) is 0 Å². The normalized spacial score (nSPS) is 13.3. The number of ether oxygens (including phenoxy) is 3. The number of amides is 2. The Morgan fingerprint density at radius 3 is 2.68 bits per heavy atom. The minimum absolute atomic E-state index is 0.105. The fourth-order valence-electron chi connectivity index (χ4n) is 2.95. The molecular formula is C21H24N2O5.